The van der Waals surface area contributed by atoms with E-state index in [0.717, 1.165) is 19.0 Å². The maximum atomic E-state index is 4.67. The molecule has 2 N–H and O–H groups in total. The molecule has 5 heteroatoms. The van der Waals surface area contributed by atoms with Crippen molar-refractivity contribution in [2.75, 3.05) is 6.54 Å². The predicted octanol–water partition coefficient (Wildman–Crippen LogP) is 4.24. The molecule has 2 rings (SSSR count). The summed E-state index contributed by atoms with van der Waals surface area (Å²) >= 11 is 1.76. The molecule has 0 fully saturated rings. The van der Waals surface area contributed by atoms with Gasteiger partial charge in [0.25, 0.3) is 0 Å². The van der Waals surface area contributed by atoms with Crippen LogP contribution in [-0.4, -0.2) is 12.5 Å². The molecule has 1 aromatic heterocycles. The monoisotopic (exact) mass is 429 g/mol. The molecule has 0 spiro atoms. The van der Waals surface area contributed by atoms with Crippen molar-refractivity contribution in [1.29, 1.82) is 0 Å². The predicted molar refractivity (Wildman–Crippen MR) is 107 cm³/mol. The van der Waals surface area contributed by atoms with Gasteiger partial charge < -0.3 is 10.6 Å². The number of aliphatic imine (C=N–C) groups is 1. The minimum atomic E-state index is 0. The van der Waals surface area contributed by atoms with E-state index in [0.29, 0.717) is 6.54 Å². The molecular formula is C17H24IN3S. The summed E-state index contributed by atoms with van der Waals surface area (Å²) in [6.45, 7) is 8.72. The summed E-state index contributed by atoms with van der Waals surface area (Å²) < 4.78 is 0. The summed E-state index contributed by atoms with van der Waals surface area (Å²) in [5.74, 6) is 0.867. The Labute approximate surface area is 154 Å². The zero-order chi connectivity index (χ0) is 15.1. The molecule has 0 aliphatic rings. The molecule has 0 amide bonds. The molecule has 22 heavy (non-hydrogen) atoms. The van der Waals surface area contributed by atoms with Crippen LogP contribution >= 0.6 is 35.3 Å². The van der Waals surface area contributed by atoms with E-state index in [4.69, 9.17) is 0 Å². The van der Waals surface area contributed by atoms with Crippen LogP contribution in [-0.2, 0) is 13.1 Å². The highest BCUT2D eigenvalue weighted by molar-refractivity contribution is 14.0. The average Bonchev–Trinajstić information content (AvgIpc) is 2.96. The molecule has 0 aliphatic carbocycles. The summed E-state index contributed by atoms with van der Waals surface area (Å²) in [6.07, 6.45) is 0. The second-order valence-electron chi connectivity index (χ2n) is 5.06. The van der Waals surface area contributed by atoms with Gasteiger partial charge in [-0.15, -0.1) is 35.3 Å². The Kier molecular flexibility index (Phi) is 8.48. The molecule has 0 aliphatic heterocycles. The van der Waals surface area contributed by atoms with Crippen molar-refractivity contribution >= 4 is 41.3 Å². The van der Waals surface area contributed by atoms with Gasteiger partial charge in [-0.1, -0.05) is 29.8 Å². The Morgan fingerprint density at radius 3 is 2.64 bits per heavy atom. The van der Waals surface area contributed by atoms with Crippen molar-refractivity contribution in [3.05, 3.63) is 57.3 Å². The first-order chi connectivity index (χ1) is 10.2. The molecule has 2 aromatic rings. The van der Waals surface area contributed by atoms with Crippen LogP contribution in [0.3, 0.4) is 0 Å². The summed E-state index contributed by atoms with van der Waals surface area (Å²) in [5, 5.41) is 8.76. The quantitative estimate of drug-likeness (QED) is 0.424. The van der Waals surface area contributed by atoms with Crippen LogP contribution in [0.4, 0.5) is 0 Å². The van der Waals surface area contributed by atoms with Crippen LogP contribution in [0.25, 0.3) is 0 Å². The lowest BCUT2D eigenvalue weighted by Crippen LogP contribution is -2.36. The lowest BCUT2D eigenvalue weighted by atomic mass is 10.1. The first-order valence-electron chi connectivity index (χ1n) is 7.29. The number of nitrogens with zero attached hydrogens (tertiary/aromatic N) is 1. The largest absolute Gasteiger partial charge is 0.357 e. The van der Waals surface area contributed by atoms with Gasteiger partial charge in [0.1, 0.15) is 0 Å². The van der Waals surface area contributed by atoms with E-state index in [9.17, 15) is 0 Å². The normalized spacial score (nSPS) is 11.0. The topological polar surface area (TPSA) is 36.4 Å². The summed E-state index contributed by atoms with van der Waals surface area (Å²) in [7, 11) is 0. The van der Waals surface area contributed by atoms with Crippen LogP contribution in [0.2, 0.25) is 0 Å². The van der Waals surface area contributed by atoms with E-state index in [1.54, 1.807) is 11.3 Å². The Balaban J connectivity index is 0.00000242. The zero-order valence-corrected chi connectivity index (χ0v) is 16.5. The molecule has 0 radical (unpaired) electrons. The number of benzene rings is 1. The highest BCUT2D eigenvalue weighted by Crippen LogP contribution is 2.11. The van der Waals surface area contributed by atoms with E-state index in [-0.39, 0.29) is 24.0 Å². The fourth-order valence-electron chi connectivity index (χ4n) is 2.11. The van der Waals surface area contributed by atoms with Crippen LogP contribution in [0, 0.1) is 13.8 Å². The first-order valence-corrected chi connectivity index (χ1v) is 8.17. The first kappa shape index (κ1) is 19.0. The summed E-state index contributed by atoms with van der Waals surface area (Å²) in [6, 6.07) is 10.7. The zero-order valence-electron chi connectivity index (χ0n) is 13.3. The van der Waals surface area contributed by atoms with Crippen molar-refractivity contribution < 1.29 is 0 Å². The third-order valence-corrected chi connectivity index (χ3v) is 4.14. The van der Waals surface area contributed by atoms with Gasteiger partial charge in [-0.2, -0.15) is 0 Å². The highest BCUT2D eigenvalue weighted by Gasteiger charge is 2.01. The number of hydrogen-bond donors (Lipinski definition) is 2. The minimum Gasteiger partial charge on any atom is -0.357 e. The van der Waals surface area contributed by atoms with Gasteiger partial charge in [-0.25, -0.2) is 4.99 Å². The number of nitrogens with one attached hydrogen (secondary N) is 2. The number of rotatable bonds is 5. The lowest BCUT2D eigenvalue weighted by Gasteiger charge is -2.11. The van der Waals surface area contributed by atoms with Crippen molar-refractivity contribution in [2.45, 2.75) is 33.9 Å². The van der Waals surface area contributed by atoms with Crippen LogP contribution in [0.15, 0.2) is 40.7 Å². The maximum Gasteiger partial charge on any atom is 0.191 e. The van der Waals surface area contributed by atoms with Gasteiger partial charge in [0.2, 0.25) is 0 Å². The Morgan fingerprint density at radius 2 is 2.00 bits per heavy atom. The highest BCUT2D eigenvalue weighted by atomic mass is 127. The van der Waals surface area contributed by atoms with E-state index in [2.05, 4.69) is 72.1 Å². The smallest absolute Gasteiger partial charge is 0.191 e. The summed E-state index contributed by atoms with van der Waals surface area (Å²) in [4.78, 5) is 5.98. The van der Waals surface area contributed by atoms with Gasteiger partial charge in [0.05, 0.1) is 13.1 Å². The average molecular weight is 429 g/mol. The van der Waals surface area contributed by atoms with E-state index < -0.39 is 0 Å². The number of guanidine groups is 1. The molecule has 0 saturated heterocycles. The third kappa shape index (κ3) is 5.96. The minimum absolute atomic E-state index is 0. The third-order valence-electron chi connectivity index (χ3n) is 3.26. The van der Waals surface area contributed by atoms with E-state index >= 15 is 0 Å². The van der Waals surface area contributed by atoms with Gasteiger partial charge in [-0.05, 0) is 43.3 Å². The maximum absolute atomic E-state index is 4.67. The van der Waals surface area contributed by atoms with Crippen LogP contribution in [0.5, 0.6) is 0 Å². The lowest BCUT2D eigenvalue weighted by molar-refractivity contribution is 0.822. The van der Waals surface area contributed by atoms with Gasteiger partial charge >= 0.3 is 0 Å². The molecule has 120 valence electrons. The number of thiophene rings is 1. The fraction of sp³-hybridized carbons (Fsp3) is 0.353. The molecule has 0 saturated carbocycles. The van der Waals surface area contributed by atoms with Crippen LogP contribution < -0.4 is 10.6 Å². The number of hydrogen-bond acceptors (Lipinski definition) is 2. The van der Waals surface area contributed by atoms with Crippen molar-refractivity contribution in [1.82, 2.24) is 10.6 Å². The van der Waals surface area contributed by atoms with Crippen LogP contribution in [0.1, 0.15) is 28.5 Å². The summed E-state index contributed by atoms with van der Waals surface area (Å²) in [5.41, 5.74) is 3.87. The van der Waals surface area contributed by atoms with E-state index in [1.807, 2.05) is 0 Å². The Morgan fingerprint density at radius 1 is 1.18 bits per heavy atom. The van der Waals surface area contributed by atoms with Crippen molar-refractivity contribution in [2.24, 2.45) is 4.99 Å². The number of halogens is 1. The molecule has 3 nitrogen and oxygen atoms in total. The second kappa shape index (κ2) is 9.84. The fourth-order valence-corrected chi connectivity index (χ4v) is 2.76. The van der Waals surface area contributed by atoms with Gasteiger partial charge in [0.15, 0.2) is 5.96 Å². The molecular weight excluding hydrogens is 405 g/mol. The molecule has 1 aromatic carbocycles. The SMILES string of the molecule is CCNC(=NCc1ccc(C)cc1C)NCc1cccs1.I. The van der Waals surface area contributed by atoms with Gasteiger partial charge in [0, 0.05) is 11.4 Å². The van der Waals surface area contributed by atoms with Crippen molar-refractivity contribution in [3.63, 3.8) is 0 Å². The Hall–Kier alpha value is -1.08. The van der Waals surface area contributed by atoms with E-state index in [1.165, 1.54) is 21.6 Å². The molecule has 0 atom stereocenters. The molecule has 1 heterocycles. The van der Waals surface area contributed by atoms with Crippen molar-refractivity contribution in [3.8, 4) is 0 Å². The van der Waals surface area contributed by atoms with Gasteiger partial charge in [-0.3, -0.25) is 0 Å². The Bertz CT molecular complexity index is 594. The second-order valence-corrected chi connectivity index (χ2v) is 6.09. The molecule has 0 unspecified atom stereocenters. The standard InChI is InChI=1S/C17H23N3S.HI/c1-4-18-17(20-12-16-6-5-9-21-16)19-11-15-8-7-13(2)10-14(15)3;/h5-10H,4,11-12H2,1-3H3,(H2,18,19,20);1H. The number of aryl methyl sites for hydroxylation is 2. The molecule has 0 bridgehead atoms.